The van der Waals surface area contributed by atoms with E-state index in [0.29, 0.717) is 28.3 Å². The van der Waals surface area contributed by atoms with Gasteiger partial charge in [-0.2, -0.15) is 0 Å². The maximum absolute atomic E-state index is 13.4. The number of hydrogen-bond donors (Lipinski definition) is 1. The van der Waals surface area contributed by atoms with Crippen LogP contribution in [0.1, 0.15) is 26.3 Å². The molecule has 0 atom stereocenters. The standard InChI is InChI=1S/C26H20N2O6S/c1-33-20-12-16(13-21(15-20)34-2)14-22-24(30)28(23(29)17-6-4-3-5-7-17)26(35-22)27-19-10-8-18(9-11-19)25(31)32/h3-15H,1-2H3,(H,31,32). The number of carboxylic acid groups (broad SMARTS) is 1. The molecule has 35 heavy (non-hydrogen) atoms. The van der Waals surface area contributed by atoms with Crippen molar-refractivity contribution in [3.63, 3.8) is 0 Å². The topological polar surface area (TPSA) is 106 Å². The van der Waals surface area contributed by atoms with Crippen molar-refractivity contribution < 1.29 is 29.0 Å². The number of ether oxygens (including phenoxy) is 2. The van der Waals surface area contributed by atoms with Crippen molar-refractivity contribution in [2.45, 2.75) is 0 Å². The average Bonchev–Trinajstić information content (AvgIpc) is 3.18. The molecular weight excluding hydrogens is 468 g/mol. The van der Waals surface area contributed by atoms with Crippen LogP contribution < -0.4 is 9.47 Å². The molecule has 3 aromatic rings. The van der Waals surface area contributed by atoms with Gasteiger partial charge >= 0.3 is 5.97 Å². The highest BCUT2D eigenvalue weighted by Gasteiger charge is 2.38. The lowest BCUT2D eigenvalue weighted by atomic mass is 10.1. The number of methoxy groups -OCH3 is 2. The second kappa shape index (κ2) is 10.3. The number of aromatic carboxylic acids is 1. The number of carbonyl (C=O) groups is 3. The number of amidine groups is 1. The van der Waals surface area contributed by atoms with Crippen LogP contribution in [0, 0.1) is 0 Å². The summed E-state index contributed by atoms with van der Waals surface area (Å²) in [5.41, 5.74) is 1.49. The fraction of sp³-hybridized carbons (Fsp3) is 0.0769. The molecule has 0 radical (unpaired) electrons. The predicted octanol–water partition coefficient (Wildman–Crippen LogP) is 4.85. The maximum atomic E-state index is 13.4. The van der Waals surface area contributed by atoms with E-state index in [9.17, 15) is 14.4 Å². The molecule has 0 bridgehead atoms. The minimum atomic E-state index is -1.06. The van der Waals surface area contributed by atoms with E-state index in [4.69, 9.17) is 14.6 Å². The number of aliphatic imine (C=N–C) groups is 1. The molecule has 8 nitrogen and oxygen atoms in total. The van der Waals surface area contributed by atoms with Gasteiger partial charge in [0.1, 0.15) is 11.5 Å². The van der Waals surface area contributed by atoms with Crippen LogP contribution >= 0.6 is 11.8 Å². The summed E-state index contributed by atoms with van der Waals surface area (Å²) in [7, 11) is 3.06. The van der Waals surface area contributed by atoms with Gasteiger partial charge in [0, 0.05) is 11.6 Å². The van der Waals surface area contributed by atoms with E-state index in [1.807, 2.05) is 0 Å². The number of thioether (sulfide) groups is 1. The van der Waals surface area contributed by atoms with Crippen LogP contribution in [0.15, 0.2) is 82.7 Å². The van der Waals surface area contributed by atoms with Crippen LogP contribution in [0.25, 0.3) is 6.08 Å². The van der Waals surface area contributed by atoms with Crippen molar-refractivity contribution in [3.8, 4) is 11.5 Å². The molecule has 0 aromatic heterocycles. The predicted molar refractivity (Wildman–Crippen MR) is 133 cm³/mol. The van der Waals surface area contributed by atoms with E-state index in [1.165, 1.54) is 38.5 Å². The van der Waals surface area contributed by atoms with Crippen molar-refractivity contribution >= 4 is 46.5 Å². The molecule has 3 aromatic carbocycles. The summed E-state index contributed by atoms with van der Waals surface area (Å²) in [6.07, 6.45) is 1.64. The number of amides is 2. The summed E-state index contributed by atoms with van der Waals surface area (Å²) < 4.78 is 10.6. The van der Waals surface area contributed by atoms with E-state index < -0.39 is 17.8 Å². The zero-order valence-corrected chi connectivity index (χ0v) is 19.6. The molecule has 1 saturated heterocycles. The Balaban J connectivity index is 1.76. The first-order valence-corrected chi connectivity index (χ1v) is 11.2. The number of hydrogen-bond acceptors (Lipinski definition) is 7. The van der Waals surface area contributed by atoms with Crippen LogP contribution in [0.2, 0.25) is 0 Å². The van der Waals surface area contributed by atoms with Crippen molar-refractivity contribution in [1.82, 2.24) is 4.90 Å². The van der Waals surface area contributed by atoms with Gasteiger partial charge in [-0.1, -0.05) is 18.2 Å². The average molecular weight is 489 g/mol. The summed E-state index contributed by atoms with van der Waals surface area (Å²) >= 11 is 1.05. The van der Waals surface area contributed by atoms with Gasteiger partial charge in [0.2, 0.25) is 0 Å². The summed E-state index contributed by atoms with van der Waals surface area (Å²) in [6.45, 7) is 0. The SMILES string of the molecule is COc1cc(C=C2SC(=Nc3ccc(C(=O)O)cc3)N(C(=O)c3ccccc3)C2=O)cc(OC)c1. The van der Waals surface area contributed by atoms with Crippen molar-refractivity contribution in [2.75, 3.05) is 14.2 Å². The van der Waals surface area contributed by atoms with Gasteiger partial charge in [-0.15, -0.1) is 0 Å². The number of imide groups is 1. The minimum Gasteiger partial charge on any atom is -0.497 e. The Morgan fingerprint density at radius 1 is 0.914 bits per heavy atom. The van der Waals surface area contributed by atoms with Crippen molar-refractivity contribution in [2.24, 2.45) is 4.99 Å². The second-order valence-electron chi connectivity index (χ2n) is 7.31. The highest BCUT2D eigenvalue weighted by atomic mass is 32.2. The molecule has 9 heteroatoms. The molecule has 1 heterocycles. The Bertz CT molecular complexity index is 1330. The largest absolute Gasteiger partial charge is 0.497 e. The molecule has 176 valence electrons. The molecule has 1 fully saturated rings. The van der Waals surface area contributed by atoms with Gasteiger partial charge in [-0.3, -0.25) is 9.59 Å². The lowest BCUT2D eigenvalue weighted by Gasteiger charge is -2.13. The Labute approximate surface area is 205 Å². The van der Waals surface area contributed by atoms with Crippen LogP contribution in [-0.4, -0.2) is 47.2 Å². The van der Waals surface area contributed by atoms with Gasteiger partial charge in [0.05, 0.1) is 30.4 Å². The molecule has 4 rings (SSSR count). The summed E-state index contributed by atoms with van der Waals surface area (Å²) in [6, 6.07) is 19.5. The quantitative estimate of drug-likeness (QED) is 0.391. The van der Waals surface area contributed by atoms with E-state index in [-0.39, 0.29) is 15.6 Å². The molecule has 1 aliphatic rings. The lowest BCUT2D eigenvalue weighted by molar-refractivity contribution is -0.120. The third kappa shape index (κ3) is 5.25. The first-order valence-electron chi connectivity index (χ1n) is 10.4. The zero-order chi connectivity index (χ0) is 24.9. The van der Waals surface area contributed by atoms with E-state index in [2.05, 4.69) is 4.99 Å². The summed E-state index contributed by atoms with van der Waals surface area (Å²) in [5, 5.41) is 9.28. The molecular formula is C26H20N2O6S. The molecule has 0 unspecified atom stereocenters. The third-order valence-corrected chi connectivity index (χ3v) is 6.01. The van der Waals surface area contributed by atoms with Gasteiger partial charge in [0.25, 0.3) is 11.8 Å². The van der Waals surface area contributed by atoms with E-state index in [0.717, 1.165) is 16.7 Å². The van der Waals surface area contributed by atoms with Gasteiger partial charge in [0.15, 0.2) is 5.17 Å². The van der Waals surface area contributed by atoms with Gasteiger partial charge in [-0.05, 0) is 71.9 Å². The lowest BCUT2D eigenvalue weighted by Crippen LogP contribution is -2.35. The first-order chi connectivity index (χ1) is 16.9. The smallest absolute Gasteiger partial charge is 0.335 e. The zero-order valence-electron chi connectivity index (χ0n) is 18.8. The number of nitrogens with zero attached hydrogens (tertiary/aromatic N) is 2. The van der Waals surface area contributed by atoms with Crippen LogP contribution in [0.3, 0.4) is 0 Å². The normalized spacial score (nSPS) is 15.5. The van der Waals surface area contributed by atoms with Gasteiger partial charge in [-0.25, -0.2) is 14.7 Å². The van der Waals surface area contributed by atoms with Crippen molar-refractivity contribution in [1.29, 1.82) is 0 Å². The number of carboxylic acids is 1. The fourth-order valence-electron chi connectivity index (χ4n) is 3.29. The van der Waals surface area contributed by atoms with Crippen LogP contribution in [0.5, 0.6) is 11.5 Å². The van der Waals surface area contributed by atoms with Crippen LogP contribution in [0.4, 0.5) is 5.69 Å². The Hall–Kier alpha value is -4.37. The third-order valence-electron chi connectivity index (χ3n) is 5.04. The van der Waals surface area contributed by atoms with Crippen LogP contribution in [-0.2, 0) is 4.79 Å². The fourth-order valence-corrected chi connectivity index (χ4v) is 4.27. The van der Waals surface area contributed by atoms with Gasteiger partial charge < -0.3 is 14.6 Å². The number of rotatable bonds is 6. The first kappa shape index (κ1) is 23.8. The van der Waals surface area contributed by atoms with E-state index in [1.54, 1.807) is 54.6 Å². The number of benzene rings is 3. The molecule has 0 aliphatic carbocycles. The minimum absolute atomic E-state index is 0.105. The summed E-state index contributed by atoms with van der Waals surface area (Å²) in [4.78, 5) is 43.6. The monoisotopic (exact) mass is 488 g/mol. The number of carbonyl (C=O) groups excluding carboxylic acids is 2. The highest BCUT2D eigenvalue weighted by molar-refractivity contribution is 8.18. The summed E-state index contributed by atoms with van der Waals surface area (Å²) in [5.74, 6) is -0.996. The molecule has 2 amide bonds. The van der Waals surface area contributed by atoms with E-state index >= 15 is 0 Å². The molecule has 0 saturated carbocycles. The maximum Gasteiger partial charge on any atom is 0.335 e. The second-order valence-corrected chi connectivity index (χ2v) is 8.32. The molecule has 0 spiro atoms. The molecule has 1 N–H and O–H groups in total. The Kier molecular flexibility index (Phi) is 6.98. The Morgan fingerprint density at radius 2 is 1.54 bits per heavy atom. The highest BCUT2D eigenvalue weighted by Crippen LogP contribution is 2.36. The Morgan fingerprint density at radius 3 is 2.11 bits per heavy atom. The molecule has 1 aliphatic heterocycles. The van der Waals surface area contributed by atoms with Crippen molar-refractivity contribution in [3.05, 3.63) is 94.4 Å².